The lowest BCUT2D eigenvalue weighted by Crippen LogP contribution is -3.00. The van der Waals surface area contributed by atoms with Gasteiger partial charge in [-0.15, -0.1) is 0 Å². The Hall–Kier alpha value is -1.92. The van der Waals surface area contributed by atoms with Crippen molar-refractivity contribution in [2.75, 3.05) is 0 Å². The molecule has 7 heteroatoms. The van der Waals surface area contributed by atoms with E-state index in [1.54, 1.807) is 12.1 Å². The molecule has 1 aromatic heterocycles. The summed E-state index contributed by atoms with van der Waals surface area (Å²) in [7, 11) is 0. The van der Waals surface area contributed by atoms with Crippen LogP contribution in [-0.2, 0) is 13.0 Å². The van der Waals surface area contributed by atoms with E-state index in [1.165, 1.54) is 12.2 Å². The fourth-order valence-electron chi connectivity index (χ4n) is 3.63. The molecule has 2 aromatic carbocycles. The number of alkyl halides is 2. The molecule has 3 aromatic rings. The maximum atomic E-state index is 12.4. The van der Waals surface area contributed by atoms with Gasteiger partial charge in [0, 0.05) is 17.0 Å². The van der Waals surface area contributed by atoms with E-state index in [-0.39, 0.29) is 22.7 Å². The molecule has 28 heavy (non-hydrogen) atoms. The lowest BCUT2D eigenvalue weighted by molar-refractivity contribution is -0.702. The summed E-state index contributed by atoms with van der Waals surface area (Å²) >= 11 is 6.05. The summed E-state index contributed by atoms with van der Waals surface area (Å²) in [5.41, 5.74) is 3.05. The molecule has 0 radical (unpaired) electrons. The minimum atomic E-state index is -2.82. The largest absolute Gasteiger partial charge is 1.00 e. The topological polar surface area (TPSA) is 18.0 Å². The maximum absolute atomic E-state index is 12.4. The van der Waals surface area contributed by atoms with E-state index in [4.69, 9.17) is 11.6 Å². The van der Waals surface area contributed by atoms with Crippen molar-refractivity contribution in [3.8, 4) is 22.7 Å². The zero-order valence-electron chi connectivity index (χ0n) is 15.1. The molecule has 0 amide bonds. The van der Waals surface area contributed by atoms with Gasteiger partial charge in [-0.05, 0) is 67.8 Å². The van der Waals surface area contributed by atoms with Crippen LogP contribution in [0.5, 0.6) is 5.75 Å². The number of ether oxygens (including phenoxy) is 1. The van der Waals surface area contributed by atoms with Crippen LogP contribution in [-0.4, -0.2) is 11.2 Å². The highest BCUT2D eigenvalue weighted by molar-refractivity contribution is 6.30. The summed E-state index contributed by atoms with van der Waals surface area (Å²) in [5, 5.41) is 0.694. The summed E-state index contributed by atoms with van der Waals surface area (Å²) in [6.07, 6.45) is 6.65. The predicted molar refractivity (Wildman–Crippen MR) is 101 cm³/mol. The number of hydrogen-bond acceptors (Lipinski definition) is 1. The summed E-state index contributed by atoms with van der Waals surface area (Å²) in [4.78, 5) is 0. The number of aromatic nitrogens is 2. The quantitative estimate of drug-likeness (QED) is 0.537. The minimum Gasteiger partial charge on any atom is -1.00 e. The van der Waals surface area contributed by atoms with E-state index in [1.807, 2.05) is 36.4 Å². The van der Waals surface area contributed by atoms with Crippen LogP contribution in [0.1, 0.15) is 25.1 Å². The first-order chi connectivity index (χ1) is 13.1. The van der Waals surface area contributed by atoms with Crippen molar-refractivity contribution >= 4 is 11.6 Å². The number of aryl methyl sites for hydroxylation is 1. The van der Waals surface area contributed by atoms with Crippen molar-refractivity contribution in [2.45, 2.75) is 38.8 Å². The Morgan fingerprint density at radius 1 is 0.964 bits per heavy atom. The molecule has 0 saturated heterocycles. The van der Waals surface area contributed by atoms with E-state index in [2.05, 4.69) is 20.1 Å². The average Bonchev–Trinajstić information content (AvgIpc) is 2.85. The maximum Gasteiger partial charge on any atom is 0.387 e. The van der Waals surface area contributed by atoms with Crippen molar-refractivity contribution in [3.63, 3.8) is 0 Å². The second kappa shape index (κ2) is 9.05. The Kier molecular flexibility index (Phi) is 6.73. The van der Waals surface area contributed by atoms with Gasteiger partial charge in [-0.2, -0.15) is 13.3 Å². The van der Waals surface area contributed by atoms with Crippen LogP contribution in [0, 0.1) is 0 Å². The molecule has 0 atom stereocenters. The normalized spacial score (nSPS) is 13.6. The second-order valence-electron chi connectivity index (χ2n) is 6.65. The molecule has 0 fully saturated rings. The minimum absolute atomic E-state index is 0. The molecule has 0 bridgehead atoms. The fraction of sp³-hybridized carbons (Fsp3) is 0.286. The van der Waals surface area contributed by atoms with E-state index >= 15 is 0 Å². The van der Waals surface area contributed by atoms with Crippen LogP contribution in [0.15, 0.2) is 54.7 Å². The van der Waals surface area contributed by atoms with E-state index in [0.717, 1.165) is 42.8 Å². The molecule has 0 aliphatic carbocycles. The fourth-order valence-corrected chi connectivity index (χ4v) is 3.75. The molecule has 0 N–H and O–H groups in total. The van der Waals surface area contributed by atoms with Gasteiger partial charge in [0.1, 0.15) is 17.6 Å². The first-order valence-corrected chi connectivity index (χ1v) is 9.45. The summed E-state index contributed by atoms with van der Waals surface area (Å²) in [6.45, 7) is -1.84. The highest BCUT2D eigenvalue weighted by Crippen LogP contribution is 2.28. The Balaban J connectivity index is 0.00000225. The van der Waals surface area contributed by atoms with Gasteiger partial charge in [0.25, 0.3) is 5.82 Å². The van der Waals surface area contributed by atoms with Crippen LogP contribution in [0.25, 0.3) is 16.9 Å². The molecular weight excluding hydrogens is 450 g/mol. The number of nitrogens with zero attached hydrogens (tertiary/aromatic N) is 2. The van der Waals surface area contributed by atoms with E-state index in [0.29, 0.717) is 5.02 Å². The average molecular weight is 470 g/mol. The van der Waals surface area contributed by atoms with Crippen molar-refractivity contribution < 1.29 is 35.1 Å². The Morgan fingerprint density at radius 3 is 2.36 bits per heavy atom. The number of fused-ring (bicyclic) bond motifs is 1. The third kappa shape index (κ3) is 4.39. The Labute approximate surface area is 178 Å². The number of imidazole rings is 1. The molecule has 0 saturated carbocycles. The monoisotopic (exact) mass is 468 g/mol. The van der Waals surface area contributed by atoms with Gasteiger partial charge in [-0.25, -0.2) is 4.57 Å². The van der Waals surface area contributed by atoms with Gasteiger partial charge in [0.2, 0.25) is 0 Å². The highest BCUT2D eigenvalue weighted by Gasteiger charge is 2.27. The van der Waals surface area contributed by atoms with Gasteiger partial charge in [0.05, 0.1) is 6.54 Å². The van der Waals surface area contributed by atoms with E-state index < -0.39 is 6.61 Å². The molecule has 148 valence electrons. The van der Waals surface area contributed by atoms with Crippen molar-refractivity contribution in [1.29, 1.82) is 0 Å². The molecule has 1 aliphatic heterocycles. The Morgan fingerprint density at radius 2 is 1.68 bits per heavy atom. The van der Waals surface area contributed by atoms with Gasteiger partial charge in [-0.3, -0.25) is 0 Å². The third-order valence-electron chi connectivity index (χ3n) is 4.87. The van der Waals surface area contributed by atoms with Gasteiger partial charge >= 0.3 is 6.61 Å². The molecule has 0 unspecified atom stereocenters. The lowest BCUT2D eigenvalue weighted by Gasteiger charge is -2.08. The molecule has 1 aliphatic rings. The summed E-state index contributed by atoms with van der Waals surface area (Å²) in [5.74, 6) is 1.38. The molecule has 0 spiro atoms. The molecule has 2 heterocycles. The smallest absolute Gasteiger partial charge is 0.387 e. The summed E-state index contributed by atoms with van der Waals surface area (Å²) < 4.78 is 33.9. The van der Waals surface area contributed by atoms with Crippen molar-refractivity contribution in [3.05, 3.63) is 65.6 Å². The lowest BCUT2D eigenvalue weighted by atomic mass is 10.1. The summed E-state index contributed by atoms with van der Waals surface area (Å²) in [6, 6.07) is 14.6. The van der Waals surface area contributed by atoms with Crippen LogP contribution in [0.2, 0.25) is 5.02 Å². The third-order valence-corrected chi connectivity index (χ3v) is 5.12. The predicted octanol–water partition coefficient (Wildman–Crippen LogP) is 2.42. The molecule has 4 rings (SSSR count). The zero-order valence-corrected chi connectivity index (χ0v) is 17.5. The van der Waals surface area contributed by atoms with Crippen molar-refractivity contribution in [1.82, 2.24) is 4.57 Å². The van der Waals surface area contributed by atoms with Gasteiger partial charge in [-0.1, -0.05) is 11.6 Å². The Bertz CT molecular complexity index is 927. The molecule has 3 nitrogen and oxygen atoms in total. The first kappa shape index (κ1) is 20.8. The number of hydrogen-bond donors (Lipinski definition) is 0. The number of rotatable bonds is 4. The first-order valence-electron chi connectivity index (χ1n) is 9.07. The SMILES string of the molecule is FC(F)Oc1ccc(-n2c(-c3ccc(Cl)cc3)c[n+]3c2CCCCC3)cc1.[Br-]. The van der Waals surface area contributed by atoms with Gasteiger partial charge in [0.15, 0.2) is 5.69 Å². The van der Waals surface area contributed by atoms with E-state index in [9.17, 15) is 8.78 Å². The zero-order chi connectivity index (χ0) is 18.8. The standard InChI is InChI=1S/C21H20ClF2N2O.BrH/c22-16-7-5-15(6-8-16)19-14-25-13-3-1-2-4-20(25)26(19)17-9-11-18(12-10-17)27-21(23)24;/h5-12,14,21H,1-4,13H2;1H/q+1;/p-1. The van der Waals surface area contributed by atoms with Crippen LogP contribution >= 0.6 is 11.6 Å². The van der Waals surface area contributed by atoms with Crippen LogP contribution < -0.4 is 26.3 Å². The van der Waals surface area contributed by atoms with Gasteiger partial charge < -0.3 is 21.7 Å². The second-order valence-corrected chi connectivity index (χ2v) is 7.09. The van der Waals surface area contributed by atoms with Crippen LogP contribution in [0.4, 0.5) is 8.78 Å². The highest BCUT2D eigenvalue weighted by atomic mass is 79.9. The molecular formula is C21H20BrClF2N2O. The van der Waals surface area contributed by atoms with Crippen molar-refractivity contribution in [2.24, 2.45) is 0 Å². The number of benzene rings is 2. The number of halogens is 4. The van der Waals surface area contributed by atoms with Crippen LogP contribution in [0.3, 0.4) is 0 Å².